The number of alkyl halides is 3. The molecule has 0 bridgehead atoms. The minimum absolute atomic E-state index is 0.218. The summed E-state index contributed by atoms with van der Waals surface area (Å²) in [7, 11) is 0. The summed E-state index contributed by atoms with van der Waals surface area (Å²) in [5, 5.41) is 3.26. The maximum Gasteiger partial charge on any atom is 0.449 e. The molecule has 0 unspecified atom stereocenters. The third kappa shape index (κ3) is 3.33. The van der Waals surface area contributed by atoms with E-state index in [0.29, 0.717) is 17.9 Å². The highest BCUT2D eigenvalue weighted by molar-refractivity contribution is 5.81. The molecule has 1 aliphatic rings. The van der Waals surface area contributed by atoms with Gasteiger partial charge in [0.1, 0.15) is 17.9 Å². The third-order valence-electron chi connectivity index (χ3n) is 3.62. The predicted molar refractivity (Wildman–Crippen MR) is 75.9 cm³/mol. The van der Waals surface area contributed by atoms with Crippen LogP contribution in [0.4, 0.5) is 13.2 Å². The topological polar surface area (TPSA) is 53.2 Å². The number of ether oxygens (including phenoxy) is 1. The summed E-state index contributed by atoms with van der Waals surface area (Å²) in [6.07, 6.45) is -4.49. The van der Waals surface area contributed by atoms with Gasteiger partial charge in [-0.25, -0.2) is 4.98 Å². The van der Waals surface area contributed by atoms with Gasteiger partial charge in [0, 0.05) is 32.7 Å². The van der Waals surface area contributed by atoms with E-state index in [1.54, 1.807) is 18.2 Å². The van der Waals surface area contributed by atoms with Crippen LogP contribution in [0.1, 0.15) is 5.82 Å². The number of rotatable bonds is 4. The number of hydrogen-bond acceptors (Lipinski definition) is 4. The van der Waals surface area contributed by atoms with E-state index >= 15 is 0 Å². The Balaban J connectivity index is 1.69. The van der Waals surface area contributed by atoms with Gasteiger partial charge in [-0.2, -0.15) is 13.2 Å². The molecule has 0 spiro atoms. The van der Waals surface area contributed by atoms with E-state index in [-0.39, 0.29) is 5.52 Å². The molecule has 3 rings (SSSR count). The van der Waals surface area contributed by atoms with Gasteiger partial charge in [-0.3, -0.25) is 4.90 Å². The molecule has 2 heterocycles. The molecule has 8 heteroatoms. The lowest BCUT2D eigenvalue weighted by Gasteiger charge is -2.26. The summed E-state index contributed by atoms with van der Waals surface area (Å²) in [6, 6.07) is 4.85. The molecule has 1 aliphatic heterocycles. The Morgan fingerprint density at radius 2 is 2.00 bits per heavy atom. The Bertz CT molecular complexity index is 635. The number of para-hydroxylation sites is 1. The van der Waals surface area contributed by atoms with Crippen molar-refractivity contribution in [3.05, 3.63) is 24.0 Å². The van der Waals surface area contributed by atoms with Gasteiger partial charge in [0.05, 0.1) is 5.52 Å². The Kier molecular flexibility index (Phi) is 4.21. The van der Waals surface area contributed by atoms with Crippen molar-refractivity contribution in [2.75, 3.05) is 39.3 Å². The molecule has 0 atom stereocenters. The second-order valence-electron chi connectivity index (χ2n) is 5.18. The number of fused-ring (bicyclic) bond motifs is 1. The lowest BCUT2D eigenvalue weighted by atomic mass is 10.3. The Morgan fingerprint density at radius 3 is 2.73 bits per heavy atom. The highest BCUT2D eigenvalue weighted by Gasteiger charge is 2.35. The smallest absolute Gasteiger partial charge is 0.449 e. The quantitative estimate of drug-likeness (QED) is 0.904. The van der Waals surface area contributed by atoms with E-state index in [4.69, 9.17) is 4.74 Å². The minimum Gasteiger partial charge on any atom is -0.490 e. The molecule has 2 aromatic rings. The van der Waals surface area contributed by atoms with Crippen LogP contribution in [0.5, 0.6) is 5.75 Å². The predicted octanol–water partition coefficient (Wildman–Crippen LogP) is 1.87. The zero-order valence-electron chi connectivity index (χ0n) is 11.9. The first kappa shape index (κ1) is 15.1. The molecule has 22 heavy (non-hydrogen) atoms. The van der Waals surface area contributed by atoms with Crippen LogP contribution in [0.15, 0.2) is 18.2 Å². The summed E-state index contributed by atoms with van der Waals surface area (Å²) < 4.78 is 43.8. The number of benzene rings is 1. The van der Waals surface area contributed by atoms with Crippen LogP contribution in [0.3, 0.4) is 0 Å². The molecule has 1 saturated heterocycles. The molecule has 0 amide bonds. The molecule has 1 aromatic heterocycles. The second kappa shape index (κ2) is 6.13. The van der Waals surface area contributed by atoms with Crippen molar-refractivity contribution in [1.29, 1.82) is 0 Å². The Hall–Kier alpha value is -1.80. The van der Waals surface area contributed by atoms with E-state index in [1.165, 1.54) is 0 Å². The molecule has 0 saturated carbocycles. The van der Waals surface area contributed by atoms with Crippen molar-refractivity contribution < 1.29 is 17.9 Å². The number of halogens is 3. The normalized spacial score (nSPS) is 17.0. The highest BCUT2D eigenvalue weighted by Crippen LogP contribution is 2.31. The molecule has 2 N–H and O–H groups in total. The summed E-state index contributed by atoms with van der Waals surface area (Å²) in [5.74, 6) is -0.625. The summed E-state index contributed by atoms with van der Waals surface area (Å²) in [6.45, 7) is 4.97. The number of nitrogens with zero attached hydrogens (tertiary/aromatic N) is 2. The summed E-state index contributed by atoms with van der Waals surface area (Å²) >= 11 is 0. The van der Waals surface area contributed by atoms with Crippen LogP contribution >= 0.6 is 0 Å². The molecule has 1 fully saturated rings. The van der Waals surface area contributed by atoms with Gasteiger partial charge in [0.15, 0.2) is 0 Å². The number of hydrogen-bond donors (Lipinski definition) is 2. The van der Waals surface area contributed by atoms with E-state index in [1.807, 2.05) is 0 Å². The molecule has 0 radical (unpaired) electrons. The monoisotopic (exact) mass is 314 g/mol. The highest BCUT2D eigenvalue weighted by atomic mass is 19.4. The standard InChI is InChI=1S/C14H17F3N4O/c15-14(16,17)13-19-10-2-1-3-11(12(10)20-13)22-9-8-21-6-4-18-5-7-21/h1-3,18H,4-9H2,(H,19,20). The number of piperazine rings is 1. The summed E-state index contributed by atoms with van der Waals surface area (Å²) in [5.41, 5.74) is 0.544. The lowest BCUT2D eigenvalue weighted by molar-refractivity contribution is -0.144. The Labute approximate surface area is 125 Å². The van der Waals surface area contributed by atoms with Crippen LogP contribution < -0.4 is 10.1 Å². The largest absolute Gasteiger partial charge is 0.490 e. The van der Waals surface area contributed by atoms with Crippen molar-refractivity contribution in [1.82, 2.24) is 20.2 Å². The SMILES string of the molecule is FC(F)(F)c1nc2c(OCCN3CCNCC3)cccc2[nH]1. The molecular formula is C14H17F3N4O. The van der Waals surface area contributed by atoms with Crippen LogP contribution in [0.25, 0.3) is 11.0 Å². The molecular weight excluding hydrogens is 297 g/mol. The van der Waals surface area contributed by atoms with Crippen LogP contribution in [0.2, 0.25) is 0 Å². The first-order valence-corrected chi connectivity index (χ1v) is 7.16. The van der Waals surface area contributed by atoms with Crippen LogP contribution in [0, 0.1) is 0 Å². The van der Waals surface area contributed by atoms with Gasteiger partial charge in [-0.1, -0.05) is 6.07 Å². The van der Waals surface area contributed by atoms with Crippen LogP contribution in [-0.2, 0) is 6.18 Å². The third-order valence-corrected chi connectivity index (χ3v) is 3.62. The van der Waals surface area contributed by atoms with Crippen molar-refractivity contribution >= 4 is 11.0 Å². The van der Waals surface area contributed by atoms with Gasteiger partial charge < -0.3 is 15.0 Å². The number of aromatic amines is 1. The van der Waals surface area contributed by atoms with E-state index in [0.717, 1.165) is 32.7 Å². The van der Waals surface area contributed by atoms with Crippen LogP contribution in [-0.4, -0.2) is 54.2 Å². The second-order valence-corrected chi connectivity index (χ2v) is 5.18. The number of H-pyrrole nitrogens is 1. The van der Waals surface area contributed by atoms with Crippen molar-refractivity contribution in [2.24, 2.45) is 0 Å². The fourth-order valence-electron chi connectivity index (χ4n) is 2.48. The maximum atomic E-state index is 12.7. The summed E-state index contributed by atoms with van der Waals surface area (Å²) in [4.78, 5) is 8.15. The first-order valence-electron chi connectivity index (χ1n) is 7.16. The zero-order valence-corrected chi connectivity index (χ0v) is 11.9. The molecule has 0 aliphatic carbocycles. The van der Waals surface area contributed by atoms with E-state index < -0.39 is 12.0 Å². The zero-order chi connectivity index (χ0) is 15.6. The number of nitrogens with one attached hydrogen (secondary N) is 2. The van der Waals surface area contributed by atoms with Crippen molar-refractivity contribution in [3.63, 3.8) is 0 Å². The first-order chi connectivity index (χ1) is 10.5. The van der Waals surface area contributed by atoms with Crippen molar-refractivity contribution in [2.45, 2.75) is 6.18 Å². The number of imidazole rings is 1. The maximum absolute atomic E-state index is 12.7. The average molecular weight is 314 g/mol. The molecule has 5 nitrogen and oxygen atoms in total. The van der Waals surface area contributed by atoms with Gasteiger partial charge in [-0.15, -0.1) is 0 Å². The fraction of sp³-hybridized carbons (Fsp3) is 0.500. The fourth-order valence-corrected chi connectivity index (χ4v) is 2.48. The van der Waals surface area contributed by atoms with Gasteiger partial charge >= 0.3 is 6.18 Å². The molecule has 1 aromatic carbocycles. The van der Waals surface area contributed by atoms with Crippen molar-refractivity contribution in [3.8, 4) is 5.75 Å². The Morgan fingerprint density at radius 1 is 1.23 bits per heavy atom. The van der Waals surface area contributed by atoms with Gasteiger partial charge in [0.25, 0.3) is 0 Å². The lowest BCUT2D eigenvalue weighted by Crippen LogP contribution is -2.44. The molecule has 120 valence electrons. The van der Waals surface area contributed by atoms with E-state index in [9.17, 15) is 13.2 Å². The minimum atomic E-state index is -4.49. The van der Waals surface area contributed by atoms with Gasteiger partial charge in [-0.05, 0) is 12.1 Å². The van der Waals surface area contributed by atoms with Gasteiger partial charge in [0.2, 0.25) is 5.82 Å². The average Bonchev–Trinajstić information content (AvgIpc) is 2.93. The van der Waals surface area contributed by atoms with E-state index in [2.05, 4.69) is 20.2 Å². The number of aromatic nitrogens is 2.